The fourth-order valence-corrected chi connectivity index (χ4v) is 3.53. The van der Waals surface area contributed by atoms with Crippen molar-refractivity contribution in [1.29, 1.82) is 0 Å². The Morgan fingerprint density at radius 3 is 2.57 bits per heavy atom. The number of aliphatic imine (C=N–C) groups is 1. The highest BCUT2D eigenvalue weighted by atomic mass is 127. The average Bonchev–Trinajstić information content (AvgIpc) is 3.25. The largest absolute Gasteiger partial charge is 0.355 e. The zero-order valence-electron chi connectivity index (χ0n) is 16.1. The Morgan fingerprint density at radius 2 is 1.96 bits per heavy atom. The van der Waals surface area contributed by atoms with E-state index >= 15 is 0 Å². The lowest BCUT2D eigenvalue weighted by Gasteiger charge is -2.20. The van der Waals surface area contributed by atoms with Crippen LogP contribution in [0.15, 0.2) is 46.8 Å². The smallest absolute Gasteiger partial charge is 0.243 e. The van der Waals surface area contributed by atoms with E-state index in [1.807, 2.05) is 29.6 Å². The van der Waals surface area contributed by atoms with Gasteiger partial charge in [-0.1, -0.05) is 24.3 Å². The van der Waals surface area contributed by atoms with Crippen LogP contribution in [-0.2, 0) is 16.8 Å². The molecule has 0 radical (unpaired) electrons. The minimum Gasteiger partial charge on any atom is -0.355 e. The SMILES string of the molecule is CN(C)C(=O)CN=C(NCc1cccs1)NCC1(c2ccccc2F)CC1.I. The van der Waals surface area contributed by atoms with Crippen molar-refractivity contribution in [1.82, 2.24) is 15.5 Å². The molecule has 28 heavy (non-hydrogen) atoms. The molecule has 1 fully saturated rings. The third kappa shape index (κ3) is 5.91. The second-order valence-corrected chi connectivity index (χ2v) is 8.03. The van der Waals surface area contributed by atoms with Gasteiger partial charge in [-0.3, -0.25) is 4.79 Å². The van der Waals surface area contributed by atoms with Gasteiger partial charge in [0.2, 0.25) is 5.91 Å². The molecule has 0 atom stereocenters. The number of amides is 1. The van der Waals surface area contributed by atoms with Gasteiger partial charge in [-0.25, -0.2) is 9.38 Å². The molecule has 8 heteroatoms. The van der Waals surface area contributed by atoms with Crippen LogP contribution in [0.3, 0.4) is 0 Å². The molecule has 0 bridgehead atoms. The lowest BCUT2D eigenvalue weighted by atomic mass is 9.95. The molecule has 0 unspecified atom stereocenters. The van der Waals surface area contributed by atoms with Crippen molar-refractivity contribution in [3.8, 4) is 0 Å². The molecule has 1 aromatic carbocycles. The number of guanidine groups is 1. The van der Waals surface area contributed by atoms with Gasteiger partial charge in [0.15, 0.2) is 5.96 Å². The molecule has 2 aromatic rings. The number of rotatable bonds is 7. The Kier molecular flexibility index (Phi) is 8.23. The third-order valence-electron chi connectivity index (χ3n) is 4.77. The van der Waals surface area contributed by atoms with Crippen LogP contribution in [0.5, 0.6) is 0 Å². The quantitative estimate of drug-likeness (QED) is 0.337. The summed E-state index contributed by atoms with van der Waals surface area (Å²) in [5, 5.41) is 8.60. The summed E-state index contributed by atoms with van der Waals surface area (Å²) in [4.78, 5) is 19.0. The maximum absolute atomic E-state index is 14.2. The van der Waals surface area contributed by atoms with Crippen molar-refractivity contribution in [2.24, 2.45) is 4.99 Å². The number of hydrogen-bond donors (Lipinski definition) is 2. The van der Waals surface area contributed by atoms with Crippen molar-refractivity contribution in [3.63, 3.8) is 0 Å². The first kappa shape index (κ1) is 22.6. The second-order valence-electron chi connectivity index (χ2n) is 7.00. The van der Waals surface area contributed by atoms with Gasteiger partial charge in [0, 0.05) is 30.9 Å². The summed E-state index contributed by atoms with van der Waals surface area (Å²) in [7, 11) is 3.42. The number of thiophene rings is 1. The number of likely N-dealkylation sites (N-methyl/N-ethyl adjacent to an activating group) is 1. The maximum Gasteiger partial charge on any atom is 0.243 e. The molecule has 1 aromatic heterocycles. The summed E-state index contributed by atoms with van der Waals surface area (Å²) in [6.07, 6.45) is 1.88. The van der Waals surface area contributed by atoms with Gasteiger partial charge in [-0.15, -0.1) is 35.3 Å². The first-order valence-corrected chi connectivity index (χ1v) is 9.88. The van der Waals surface area contributed by atoms with Crippen LogP contribution in [0, 0.1) is 5.82 Å². The fourth-order valence-electron chi connectivity index (χ4n) is 2.88. The van der Waals surface area contributed by atoms with Gasteiger partial charge < -0.3 is 15.5 Å². The van der Waals surface area contributed by atoms with Crippen LogP contribution in [-0.4, -0.2) is 44.0 Å². The van der Waals surface area contributed by atoms with Gasteiger partial charge in [-0.2, -0.15) is 0 Å². The minimum absolute atomic E-state index is 0. The molecule has 5 nitrogen and oxygen atoms in total. The highest BCUT2D eigenvalue weighted by Crippen LogP contribution is 2.48. The minimum atomic E-state index is -0.192. The second kappa shape index (κ2) is 10.2. The van der Waals surface area contributed by atoms with Gasteiger partial charge in [0.1, 0.15) is 12.4 Å². The predicted octanol–water partition coefficient (Wildman–Crippen LogP) is 3.36. The molecule has 0 spiro atoms. The summed E-state index contributed by atoms with van der Waals surface area (Å²) in [6, 6.07) is 11.0. The van der Waals surface area contributed by atoms with Gasteiger partial charge >= 0.3 is 0 Å². The Bertz CT molecular complexity index is 806. The van der Waals surface area contributed by atoms with Crippen molar-refractivity contribution >= 4 is 47.2 Å². The summed E-state index contributed by atoms with van der Waals surface area (Å²) in [5.41, 5.74) is 0.557. The first-order valence-electron chi connectivity index (χ1n) is 9.00. The maximum atomic E-state index is 14.2. The Balaban J connectivity index is 0.00000280. The first-order chi connectivity index (χ1) is 13.0. The van der Waals surface area contributed by atoms with E-state index in [2.05, 4.69) is 15.6 Å². The van der Waals surface area contributed by atoms with Crippen molar-refractivity contribution in [2.45, 2.75) is 24.8 Å². The van der Waals surface area contributed by atoms with E-state index in [-0.39, 0.29) is 47.7 Å². The van der Waals surface area contributed by atoms with E-state index in [1.54, 1.807) is 31.5 Å². The molecule has 0 saturated heterocycles. The van der Waals surface area contributed by atoms with E-state index in [1.165, 1.54) is 15.8 Å². The number of nitrogens with zero attached hydrogens (tertiary/aromatic N) is 2. The molecule has 1 aliphatic carbocycles. The topological polar surface area (TPSA) is 56.7 Å². The zero-order valence-corrected chi connectivity index (χ0v) is 19.2. The van der Waals surface area contributed by atoms with E-state index < -0.39 is 0 Å². The molecule has 152 valence electrons. The van der Waals surface area contributed by atoms with Crippen LogP contribution < -0.4 is 10.6 Å². The monoisotopic (exact) mass is 516 g/mol. The van der Waals surface area contributed by atoms with E-state index in [0.29, 0.717) is 19.0 Å². The fraction of sp³-hybridized carbons (Fsp3) is 0.400. The highest BCUT2D eigenvalue weighted by molar-refractivity contribution is 14.0. The average molecular weight is 516 g/mol. The Hall–Kier alpha value is -1.68. The lowest BCUT2D eigenvalue weighted by Crippen LogP contribution is -2.41. The highest BCUT2D eigenvalue weighted by Gasteiger charge is 2.45. The van der Waals surface area contributed by atoms with E-state index in [0.717, 1.165) is 18.4 Å². The van der Waals surface area contributed by atoms with Crippen molar-refractivity contribution in [2.75, 3.05) is 27.2 Å². The third-order valence-corrected chi connectivity index (χ3v) is 5.65. The van der Waals surface area contributed by atoms with Crippen LogP contribution in [0.25, 0.3) is 0 Å². The molecule has 1 aliphatic rings. The van der Waals surface area contributed by atoms with Crippen molar-refractivity contribution in [3.05, 3.63) is 58.0 Å². The molecule has 1 heterocycles. The molecule has 1 saturated carbocycles. The van der Waals surface area contributed by atoms with Crippen LogP contribution in [0.1, 0.15) is 23.3 Å². The Morgan fingerprint density at radius 1 is 1.21 bits per heavy atom. The summed E-state index contributed by atoms with van der Waals surface area (Å²) < 4.78 is 14.2. The van der Waals surface area contributed by atoms with Gasteiger partial charge in [-0.05, 0) is 35.9 Å². The standard InChI is InChI=1S/C20H25FN4OS.HI/c1-25(2)18(26)13-23-19(22-12-15-6-5-11-27-15)24-14-20(9-10-20)16-7-3-4-8-17(16)21;/h3-8,11H,9-10,12-14H2,1-2H3,(H2,22,23,24);1H. The molecule has 0 aliphatic heterocycles. The number of halogens is 2. The van der Waals surface area contributed by atoms with E-state index in [9.17, 15) is 9.18 Å². The number of carbonyl (C=O) groups excluding carboxylic acids is 1. The number of nitrogens with one attached hydrogen (secondary N) is 2. The molecule has 3 rings (SSSR count). The van der Waals surface area contributed by atoms with Crippen LogP contribution in [0.2, 0.25) is 0 Å². The van der Waals surface area contributed by atoms with Crippen LogP contribution in [0.4, 0.5) is 4.39 Å². The summed E-state index contributed by atoms with van der Waals surface area (Å²) in [5.74, 6) is 0.341. The predicted molar refractivity (Wildman–Crippen MR) is 123 cm³/mol. The van der Waals surface area contributed by atoms with Gasteiger partial charge in [0.25, 0.3) is 0 Å². The number of hydrogen-bond acceptors (Lipinski definition) is 3. The number of benzene rings is 1. The van der Waals surface area contributed by atoms with Crippen molar-refractivity contribution < 1.29 is 9.18 Å². The van der Waals surface area contributed by atoms with Gasteiger partial charge in [0.05, 0.1) is 6.54 Å². The normalized spacial score (nSPS) is 14.8. The Labute approximate surface area is 186 Å². The summed E-state index contributed by atoms with van der Waals surface area (Å²) in [6.45, 7) is 1.28. The zero-order chi connectivity index (χ0) is 19.3. The number of carbonyl (C=O) groups is 1. The van der Waals surface area contributed by atoms with E-state index in [4.69, 9.17) is 0 Å². The molecular formula is C20H26FIN4OS. The van der Waals surface area contributed by atoms with Crippen LogP contribution >= 0.6 is 35.3 Å². The summed E-state index contributed by atoms with van der Waals surface area (Å²) >= 11 is 1.66. The molecular weight excluding hydrogens is 490 g/mol. The lowest BCUT2D eigenvalue weighted by molar-refractivity contribution is -0.127. The molecule has 2 N–H and O–H groups in total. The molecule has 1 amide bonds.